The molecule has 1 aromatic carbocycles. The van der Waals surface area contributed by atoms with Crippen LogP contribution in [0.4, 0.5) is 17.5 Å². The topological polar surface area (TPSA) is 105 Å². The fraction of sp³-hybridized carbons (Fsp3) is 0.188. The number of benzene rings is 1. The van der Waals surface area contributed by atoms with Gasteiger partial charge in [-0.1, -0.05) is 23.2 Å². The Morgan fingerprint density at radius 3 is 2.84 bits per heavy atom. The second kappa shape index (κ2) is 8.04. The third-order valence-electron chi connectivity index (χ3n) is 3.50. The largest absolute Gasteiger partial charge is 0.394 e. The number of nitrogen functional groups attached to an aromatic ring is 1. The van der Waals surface area contributed by atoms with Gasteiger partial charge in [0, 0.05) is 41.4 Å². The fourth-order valence-corrected chi connectivity index (χ4v) is 2.59. The molecule has 0 radical (unpaired) electrons. The molecule has 0 saturated heterocycles. The lowest BCUT2D eigenvalue weighted by Crippen LogP contribution is -2.11. The molecule has 130 valence electrons. The second-order valence-corrected chi connectivity index (χ2v) is 6.18. The van der Waals surface area contributed by atoms with E-state index in [2.05, 4.69) is 30.6 Å². The highest BCUT2D eigenvalue weighted by molar-refractivity contribution is 6.33. The average molecular weight is 378 g/mol. The van der Waals surface area contributed by atoms with E-state index >= 15 is 0 Å². The number of nitrogens with zero attached hydrogens (tertiary/aromatic N) is 3. The van der Waals surface area contributed by atoms with Gasteiger partial charge in [-0.15, -0.1) is 0 Å². The summed E-state index contributed by atoms with van der Waals surface area (Å²) in [6.07, 6.45) is 5.79. The number of H-pyrrole nitrogens is 1. The van der Waals surface area contributed by atoms with Gasteiger partial charge in [0.1, 0.15) is 0 Å². The van der Waals surface area contributed by atoms with Crippen molar-refractivity contribution in [2.24, 2.45) is 0 Å². The Labute approximate surface area is 155 Å². The number of nitrogens with one attached hydrogen (secondary N) is 3. The normalized spacial score (nSPS) is 10.6. The van der Waals surface area contributed by atoms with Gasteiger partial charge in [-0.3, -0.25) is 0 Å². The summed E-state index contributed by atoms with van der Waals surface area (Å²) in [4.78, 5) is 15.6. The summed E-state index contributed by atoms with van der Waals surface area (Å²) in [6, 6.07) is 5.30. The SMILES string of the molecule is Nc1cnc(NCCc2cnc[nH]2)nc1NCc1cc(Cl)ccc1Cl. The Hall–Kier alpha value is -2.51. The molecule has 0 amide bonds. The van der Waals surface area contributed by atoms with Crippen LogP contribution in [0.1, 0.15) is 11.3 Å². The molecule has 0 unspecified atom stereocenters. The summed E-state index contributed by atoms with van der Waals surface area (Å²) in [7, 11) is 0. The van der Waals surface area contributed by atoms with E-state index in [1.807, 2.05) is 0 Å². The maximum atomic E-state index is 6.17. The zero-order chi connectivity index (χ0) is 17.6. The van der Waals surface area contributed by atoms with E-state index < -0.39 is 0 Å². The smallest absolute Gasteiger partial charge is 0.224 e. The Morgan fingerprint density at radius 2 is 2.04 bits per heavy atom. The lowest BCUT2D eigenvalue weighted by molar-refractivity contribution is 0.951. The summed E-state index contributed by atoms with van der Waals surface area (Å²) < 4.78 is 0. The molecule has 0 aliphatic carbocycles. The number of imidazole rings is 1. The highest BCUT2D eigenvalue weighted by Gasteiger charge is 2.07. The van der Waals surface area contributed by atoms with Gasteiger partial charge in [0.15, 0.2) is 5.82 Å². The first-order valence-corrected chi connectivity index (χ1v) is 8.39. The lowest BCUT2D eigenvalue weighted by atomic mass is 10.2. The van der Waals surface area contributed by atoms with Crippen molar-refractivity contribution in [2.75, 3.05) is 22.9 Å². The minimum atomic E-state index is 0.453. The van der Waals surface area contributed by atoms with Crippen molar-refractivity contribution in [1.29, 1.82) is 0 Å². The third-order valence-corrected chi connectivity index (χ3v) is 4.11. The number of hydrogen-bond acceptors (Lipinski definition) is 6. The second-order valence-electron chi connectivity index (χ2n) is 5.34. The van der Waals surface area contributed by atoms with Gasteiger partial charge in [-0.25, -0.2) is 9.97 Å². The number of nitrogens with two attached hydrogens (primary N) is 1. The predicted molar refractivity (Wildman–Crippen MR) is 101 cm³/mol. The molecule has 2 aromatic heterocycles. The predicted octanol–water partition coefficient (Wildman–Crippen LogP) is 3.36. The maximum Gasteiger partial charge on any atom is 0.224 e. The Balaban J connectivity index is 1.61. The molecule has 3 rings (SSSR count). The number of hydrogen-bond donors (Lipinski definition) is 4. The molecule has 9 heteroatoms. The van der Waals surface area contributed by atoms with Crippen LogP contribution in [0.3, 0.4) is 0 Å². The number of halogens is 2. The highest BCUT2D eigenvalue weighted by atomic mass is 35.5. The molecule has 0 aliphatic heterocycles. The van der Waals surface area contributed by atoms with Gasteiger partial charge in [0.2, 0.25) is 5.95 Å². The molecule has 0 fully saturated rings. The van der Waals surface area contributed by atoms with Gasteiger partial charge in [0.05, 0.1) is 18.2 Å². The summed E-state index contributed by atoms with van der Waals surface area (Å²) in [5.74, 6) is 1.03. The molecule has 0 atom stereocenters. The third kappa shape index (κ3) is 4.74. The van der Waals surface area contributed by atoms with E-state index in [9.17, 15) is 0 Å². The van der Waals surface area contributed by atoms with E-state index in [4.69, 9.17) is 28.9 Å². The van der Waals surface area contributed by atoms with Crippen molar-refractivity contribution in [1.82, 2.24) is 19.9 Å². The van der Waals surface area contributed by atoms with E-state index in [1.165, 1.54) is 0 Å². The molecule has 0 aliphatic rings. The molecule has 0 spiro atoms. The van der Waals surface area contributed by atoms with Crippen LogP contribution in [0, 0.1) is 0 Å². The lowest BCUT2D eigenvalue weighted by Gasteiger charge is -2.11. The Morgan fingerprint density at radius 1 is 1.16 bits per heavy atom. The fourth-order valence-electron chi connectivity index (χ4n) is 2.21. The van der Waals surface area contributed by atoms with Crippen LogP contribution in [0.2, 0.25) is 10.0 Å². The number of rotatable bonds is 7. The van der Waals surface area contributed by atoms with E-state index in [-0.39, 0.29) is 0 Å². The van der Waals surface area contributed by atoms with Gasteiger partial charge in [-0.2, -0.15) is 4.98 Å². The molecule has 25 heavy (non-hydrogen) atoms. The van der Waals surface area contributed by atoms with Crippen molar-refractivity contribution in [2.45, 2.75) is 13.0 Å². The minimum absolute atomic E-state index is 0.453. The molecule has 7 nitrogen and oxygen atoms in total. The molecule has 5 N–H and O–H groups in total. The minimum Gasteiger partial charge on any atom is -0.394 e. The van der Waals surface area contributed by atoms with Crippen LogP contribution in [0.25, 0.3) is 0 Å². The summed E-state index contributed by atoms with van der Waals surface area (Å²) in [5.41, 5.74) is 8.30. The van der Waals surface area contributed by atoms with Crippen LogP contribution >= 0.6 is 23.2 Å². The Kier molecular flexibility index (Phi) is 5.57. The number of aromatic nitrogens is 4. The maximum absolute atomic E-state index is 6.17. The number of aromatic amines is 1. The standard InChI is InChI=1S/C16H17Cl2N7/c17-11-1-2-13(18)10(5-11)6-22-15-14(19)8-23-16(25-15)21-4-3-12-7-20-9-24-12/h1-2,5,7-9H,3-4,6,19H2,(H,20,24)(H2,21,22,23,25). The van der Waals surface area contributed by atoms with Crippen molar-refractivity contribution < 1.29 is 0 Å². The van der Waals surface area contributed by atoms with Crippen molar-refractivity contribution in [3.05, 3.63) is 58.2 Å². The monoisotopic (exact) mass is 377 g/mol. The molecule has 2 heterocycles. The van der Waals surface area contributed by atoms with Crippen molar-refractivity contribution >= 4 is 40.7 Å². The highest BCUT2D eigenvalue weighted by Crippen LogP contribution is 2.23. The van der Waals surface area contributed by atoms with Crippen molar-refractivity contribution in [3.8, 4) is 0 Å². The van der Waals surface area contributed by atoms with Gasteiger partial charge >= 0.3 is 0 Å². The van der Waals surface area contributed by atoms with Gasteiger partial charge < -0.3 is 21.4 Å². The molecular weight excluding hydrogens is 361 g/mol. The summed E-state index contributed by atoms with van der Waals surface area (Å²) in [6.45, 7) is 1.12. The first-order chi connectivity index (χ1) is 12.1. The summed E-state index contributed by atoms with van der Waals surface area (Å²) >= 11 is 12.2. The first kappa shape index (κ1) is 17.3. The van der Waals surface area contributed by atoms with E-state index in [0.29, 0.717) is 40.6 Å². The van der Waals surface area contributed by atoms with Crippen LogP contribution in [-0.4, -0.2) is 26.5 Å². The zero-order valence-electron chi connectivity index (χ0n) is 13.3. The number of anilines is 3. The molecule has 3 aromatic rings. The average Bonchev–Trinajstić information content (AvgIpc) is 3.11. The van der Waals surface area contributed by atoms with Crippen LogP contribution < -0.4 is 16.4 Å². The molecule has 0 saturated carbocycles. The summed E-state index contributed by atoms with van der Waals surface area (Å²) in [5, 5.41) is 7.57. The Bertz CT molecular complexity index is 837. The first-order valence-electron chi connectivity index (χ1n) is 7.63. The zero-order valence-corrected chi connectivity index (χ0v) is 14.8. The van der Waals surface area contributed by atoms with Crippen LogP contribution in [-0.2, 0) is 13.0 Å². The van der Waals surface area contributed by atoms with Gasteiger partial charge in [-0.05, 0) is 23.8 Å². The van der Waals surface area contributed by atoms with Gasteiger partial charge in [0.25, 0.3) is 0 Å². The van der Waals surface area contributed by atoms with Crippen LogP contribution in [0.5, 0.6) is 0 Å². The van der Waals surface area contributed by atoms with Crippen LogP contribution in [0.15, 0.2) is 36.9 Å². The quantitative estimate of drug-likeness (QED) is 0.503. The molecule has 0 bridgehead atoms. The molecular formula is C16H17Cl2N7. The van der Waals surface area contributed by atoms with E-state index in [1.54, 1.807) is 36.9 Å². The van der Waals surface area contributed by atoms with E-state index in [0.717, 1.165) is 17.7 Å². The van der Waals surface area contributed by atoms with Crippen molar-refractivity contribution in [3.63, 3.8) is 0 Å².